The molecule has 0 amide bonds. The maximum absolute atomic E-state index is 5.54. The molecular weight excluding hydrogens is 188 g/mol. The van der Waals surface area contributed by atoms with Gasteiger partial charge in [0.15, 0.2) is 5.90 Å². The zero-order valence-corrected chi connectivity index (χ0v) is 9.18. The monoisotopic (exact) mass is 204 g/mol. The molecule has 0 saturated carbocycles. The molecule has 0 aromatic carbocycles. The molecule has 0 spiro atoms. The van der Waals surface area contributed by atoms with Gasteiger partial charge in [0.1, 0.15) is 6.61 Å². The zero-order chi connectivity index (χ0) is 10.7. The fraction of sp³-hybridized carbons (Fsp3) is 0.500. The molecule has 15 heavy (non-hydrogen) atoms. The number of rotatable bonds is 3. The van der Waals surface area contributed by atoms with Crippen molar-refractivity contribution in [1.29, 1.82) is 0 Å². The average Bonchev–Trinajstić information content (AvgIpc) is 2.68. The highest BCUT2D eigenvalue weighted by atomic mass is 16.5. The van der Waals surface area contributed by atoms with E-state index in [-0.39, 0.29) is 0 Å². The van der Waals surface area contributed by atoms with E-state index >= 15 is 0 Å². The van der Waals surface area contributed by atoms with E-state index in [2.05, 4.69) is 23.8 Å². The molecule has 80 valence electrons. The lowest BCUT2D eigenvalue weighted by Gasteiger charge is -2.06. The first-order valence-electron chi connectivity index (χ1n) is 5.35. The number of aromatic nitrogens is 1. The van der Waals surface area contributed by atoms with Crippen LogP contribution in [0.1, 0.15) is 19.5 Å². The minimum atomic E-state index is 0.323. The highest BCUT2D eigenvalue weighted by Gasteiger charge is 2.21. The van der Waals surface area contributed by atoms with Gasteiger partial charge in [0.25, 0.3) is 0 Å². The van der Waals surface area contributed by atoms with Crippen molar-refractivity contribution in [1.82, 2.24) is 4.98 Å². The largest absolute Gasteiger partial charge is 0.478 e. The van der Waals surface area contributed by atoms with Crippen LogP contribution in [0.3, 0.4) is 0 Å². The molecule has 3 nitrogen and oxygen atoms in total. The third-order valence-corrected chi connectivity index (χ3v) is 2.56. The smallest absolute Gasteiger partial charge is 0.189 e. The second-order valence-corrected chi connectivity index (χ2v) is 4.14. The van der Waals surface area contributed by atoms with Crippen molar-refractivity contribution in [2.75, 3.05) is 6.61 Å². The second-order valence-electron chi connectivity index (χ2n) is 4.14. The fourth-order valence-corrected chi connectivity index (χ4v) is 1.54. The third kappa shape index (κ3) is 2.55. The Balaban J connectivity index is 2.00. The number of ether oxygens (including phenoxy) is 1. The molecule has 0 N–H and O–H groups in total. The molecule has 0 bridgehead atoms. The standard InChI is InChI=1S/C12H16N2O/c1-9(2)11-8-15-12(14-11)7-10-5-3-4-6-13-10/h3-6,9,11H,7-8H2,1-2H3/t11-/m1/s1. The van der Waals surface area contributed by atoms with Crippen LogP contribution in [0.4, 0.5) is 0 Å². The van der Waals surface area contributed by atoms with Gasteiger partial charge in [-0.2, -0.15) is 0 Å². The Bertz CT molecular complexity index is 346. The van der Waals surface area contributed by atoms with Gasteiger partial charge in [-0.25, -0.2) is 4.99 Å². The van der Waals surface area contributed by atoms with Crippen molar-refractivity contribution in [2.24, 2.45) is 10.9 Å². The van der Waals surface area contributed by atoms with E-state index in [1.54, 1.807) is 6.20 Å². The van der Waals surface area contributed by atoms with Crippen molar-refractivity contribution in [2.45, 2.75) is 26.3 Å². The van der Waals surface area contributed by atoms with E-state index in [1.165, 1.54) is 0 Å². The van der Waals surface area contributed by atoms with Gasteiger partial charge >= 0.3 is 0 Å². The van der Waals surface area contributed by atoms with Gasteiger partial charge in [0, 0.05) is 11.9 Å². The lowest BCUT2D eigenvalue weighted by atomic mass is 10.1. The van der Waals surface area contributed by atoms with Gasteiger partial charge < -0.3 is 4.74 Å². The highest BCUT2D eigenvalue weighted by Crippen LogP contribution is 2.15. The van der Waals surface area contributed by atoms with Crippen molar-refractivity contribution >= 4 is 5.90 Å². The Morgan fingerprint density at radius 3 is 2.93 bits per heavy atom. The van der Waals surface area contributed by atoms with Gasteiger partial charge in [0.05, 0.1) is 12.5 Å². The molecule has 3 heteroatoms. The summed E-state index contributed by atoms with van der Waals surface area (Å²) in [4.78, 5) is 8.79. The number of hydrogen-bond donors (Lipinski definition) is 0. The lowest BCUT2D eigenvalue weighted by molar-refractivity contribution is 0.287. The van der Waals surface area contributed by atoms with Crippen LogP contribution in [0.15, 0.2) is 29.4 Å². The molecule has 1 aliphatic rings. The molecule has 0 aliphatic carbocycles. The highest BCUT2D eigenvalue weighted by molar-refractivity contribution is 5.79. The summed E-state index contributed by atoms with van der Waals surface area (Å²) < 4.78 is 5.54. The SMILES string of the molecule is CC(C)[C@H]1COC(Cc2ccccn2)=N1. The van der Waals surface area contributed by atoms with E-state index in [0.717, 1.165) is 18.2 Å². The van der Waals surface area contributed by atoms with Crippen LogP contribution < -0.4 is 0 Å². The molecule has 1 atom stereocenters. The Kier molecular flexibility index (Phi) is 2.99. The van der Waals surface area contributed by atoms with Gasteiger partial charge in [-0.3, -0.25) is 4.98 Å². The van der Waals surface area contributed by atoms with E-state index in [4.69, 9.17) is 4.74 Å². The third-order valence-electron chi connectivity index (χ3n) is 2.56. The molecule has 1 aliphatic heterocycles. The molecule has 1 aromatic rings. The first-order valence-corrected chi connectivity index (χ1v) is 5.35. The Labute approximate surface area is 90.2 Å². The lowest BCUT2D eigenvalue weighted by Crippen LogP contribution is -2.13. The molecule has 2 heterocycles. The van der Waals surface area contributed by atoms with Gasteiger partial charge in [-0.05, 0) is 18.1 Å². The summed E-state index contributed by atoms with van der Waals surface area (Å²) in [5.74, 6) is 1.37. The summed E-state index contributed by atoms with van der Waals surface area (Å²) in [5.41, 5.74) is 1.01. The van der Waals surface area contributed by atoms with Gasteiger partial charge in [-0.15, -0.1) is 0 Å². The molecule has 0 saturated heterocycles. The second kappa shape index (κ2) is 4.43. The number of hydrogen-bond acceptors (Lipinski definition) is 3. The van der Waals surface area contributed by atoms with Crippen LogP contribution >= 0.6 is 0 Å². The van der Waals surface area contributed by atoms with Crippen LogP contribution in [0, 0.1) is 5.92 Å². The number of pyridine rings is 1. The Morgan fingerprint density at radius 1 is 1.47 bits per heavy atom. The summed E-state index contributed by atoms with van der Waals surface area (Å²) in [6, 6.07) is 6.22. The normalized spacial score (nSPS) is 20.2. The summed E-state index contributed by atoms with van der Waals surface area (Å²) >= 11 is 0. The summed E-state index contributed by atoms with van der Waals surface area (Å²) in [5, 5.41) is 0. The minimum Gasteiger partial charge on any atom is -0.478 e. The van der Waals surface area contributed by atoms with E-state index in [9.17, 15) is 0 Å². The topological polar surface area (TPSA) is 34.5 Å². The summed E-state index contributed by atoms with van der Waals surface area (Å²) in [6.07, 6.45) is 2.51. The molecule has 1 aromatic heterocycles. The Hall–Kier alpha value is -1.38. The average molecular weight is 204 g/mol. The molecule has 0 radical (unpaired) electrons. The maximum Gasteiger partial charge on any atom is 0.189 e. The van der Waals surface area contributed by atoms with Crippen molar-refractivity contribution < 1.29 is 4.74 Å². The summed E-state index contributed by atoms with van der Waals surface area (Å²) in [7, 11) is 0. The van der Waals surface area contributed by atoms with E-state index in [1.807, 2.05) is 18.2 Å². The maximum atomic E-state index is 5.54. The first-order chi connectivity index (χ1) is 7.25. The van der Waals surface area contributed by atoms with Gasteiger partial charge in [0.2, 0.25) is 0 Å². The summed E-state index contributed by atoms with van der Waals surface area (Å²) in [6.45, 7) is 5.06. The number of aliphatic imine (C=N–C) groups is 1. The molecule has 0 fully saturated rings. The predicted molar refractivity (Wildman–Crippen MR) is 60.0 cm³/mol. The number of nitrogens with zero attached hydrogens (tertiary/aromatic N) is 2. The van der Waals surface area contributed by atoms with Crippen LogP contribution in [0.5, 0.6) is 0 Å². The van der Waals surface area contributed by atoms with Crippen LogP contribution in [0.25, 0.3) is 0 Å². The van der Waals surface area contributed by atoms with Crippen molar-refractivity contribution in [3.8, 4) is 0 Å². The Morgan fingerprint density at radius 2 is 2.33 bits per heavy atom. The van der Waals surface area contributed by atoms with E-state index in [0.29, 0.717) is 18.4 Å². The zero-order valence-electron chi connectivity index (χ0n) is 9.18. The first kappa shape index (κ1) is 10.1. The van der Waals surface area contributed by atoms with Crippen LogP contribution in [-0.4, -0.2) is 23.5 Å². The fourth-order valence-electron chi connectivity index (χ4n) is 1.54. The predicted octanol–water partition coefficient (Wildman–Crippen LogP) is 2.08. The van der Waals surface area contributed by atoms with E-state index < -0.39 is 0 Å². The van der Waals surface area contributed by atoms with Gasteiger partial charge in [-0.1, -0.05) is 19.9 Å². The molecule has 0 unspecified atom stereocenters. The molecule has 2 rings (SSSR count). The van der Waals surface area contributed by atoms with Crippen LogP contribution in [-0.2, 0) is 11.2 Å². The van der Waals surface area contributed by atoms with Crippen LogP contribution in [0.2, 0.25) is 0 Å². The van der Waals surface area contributed by atoms with Crippen molar-refractivity contribution in [3.05, 3.63) is 30.1 Å². The quantitative estimate of drug-likeness (QED) is 0.755. The van der Waals surface area contributed by atoms with Crippen molar-refractivity contribution in [3.63, 3.8) is 0 Å². The molecular formula is C12H16N2O. The minimum absolute atomic E-state index is 0.323.